The molecule has 0 saturated heterocycles. The summed E-state index contributed by atoms with van der Waals surface area (Å²) in [6.45, 7) is 6.34. The van der Waals surface area contributed by atoms with Gasteiger partial charge in [0.15, 0.2) is 0 Å². The molecule has 1 atom stereocenters. The van der Waals surface area contributed by atoms with Gasteiger partial charge < -0.3 is 10.0 Å². The van der Waals surface area contributed by atoms with E-state index >= 15 is 0 Å². The van der Waals surface area contributed by atoms with Crippen LogP contribution in [-0.2, 0) is 6.54 Å². The summed E-state index contributed by atoms with van der Waals surface area (Å²) < 4.78 is 0. The minimum atomic E-state index is -0.361. The molecule has 0 fully saturated rings. The predicted octanol–water partition coefficient (Wildman–Crippen LogP) is 6.11. The van der Waals surface area contributed by atoms with E-state index < -0.39 is 0 Å². The van der Waals surface area contributed by atoms with E-state index in [1.54, 1.807) is 0 Å². The van der Waals surface area contributed by atoms with Gasteiger partial charge in [-0.2, -0.15) is 5.10 Å². The van der Waals surface area contributed by atoms with Gasteiger partial charge in [-0.05, 0) is 61.2 Å². The van der Waals surface area contributed by atoms with E-state index in [0.29, 0.717) is 28.5 Å². The van der Waals surface area contributed by atoms with Gasteiger partial charge in [-0.3, -0.25) is 9.89 Å². The topological polar surface area (TPSA) is 69.2 Å². The summed E-state index contributed by atoms with van der Waals surface area (Å²) in [5.41, 5.74) is 7.37. The van der Waals surface area contributed by atoms with Crippen LogP contribution >= 0.6 is 11.6 Å². The van der Waals surface area contributed by atoms with Gasteiger partial charge >= 0.3 is 0 Å². The Kier molecular flexibility index (Phi) is 5.22. The van der Waals surface area contributed by atoms with Gasteiger partial charge in [-0.25, -0.2) is 0 Å². The lowest BCUT2D eigenvalue weighted by Gasteiger charge is -2.27. The van der Waals surface area contributed by atoms with E-state index in [1.807, 2.05) is 86.3 Å². The fourth-order valence-corrected chi connectivity index (χ4v) is 4.71. The number of halogens is 1. The quantitative estimate of drug-likeness (QED) is 0.388. The second-order valence-electron chi connectivity index (χ2n) is 8.71. The largest absolute Gasteiger partial charge is 0.507 e. The number of fused-ring (bicyclic) bond motifs is 1. The smallest absolute Gasteiger partial charge is 0.273 e. The van der Waals surface area contributed by atoms with Crippen LogP contribution in [0.1, 0.15) is 49.9 Å². The number of H-pyrrole nitrogens is 1. The first-order chi connectivity index (χ1) is 15.8. The summed E-state index contributed by atoms with van der Waals surface area (Å²) in [6, 6.07) is 19.2. The monoisotopic (exact) mass is 457 g/mol. The van der Waals surface area contributed by atoms with Crippen molar-refractivity contribution in [2.24, 2.45) is 0 Å². The van der Waals surface area contributed by atoms with Gasteiger partial charge in [0.1, 0.15) is 17.1 Å². The molecule has 5 rings (SSSR count). The summed E-state index contributed by atoms with van der Waals surface area (Å²) in [6.07, 6.45) is 0. The number of aromatic amines is 1. The van der Waals surface area contributed by atoms with Gasteiger partial charge in [-0.1, -0.05) is 59.6 Å². The number of rotatable bonds is 4. The molecule has 0 bridgehead atoms. The Morgan fingerprint density at radius 1 is 1.00 bits per heavy atom. The third kappa shape index (κ3) is 3.68. The summed E-state index contributed by atoms with van der Waals surface area (Å²) in [5.74, 6) is 0.0577. The number of aromatic hydroxyl groups is 1. The molecular weight excluding hydrogens is 434 g/mol. The summed E-state index contributed by atoms with van der Waals surface area (Å²) >= 11 is 6.16. The minimum absolute atomic E-state index is 0.117. The average Bonchev–Trinajstić information content (AvgIpc) is 3.32. The molecular formula is C27H24ClN3O2. The van der Waals surface area contributed by atoms with Crippen molar-refractivity contribution in [3.8, 4) is 17.0 Å². The second-order valence-corrected chi connectivity index (χ2v) is 9.15. The van der Waals surface area contributed by atoms with Gasteiger partial charge in [0.05, 0.1) is 6.04 Å². The Balaban J connectivity index is 1.67. The number of hydrogen-bond acceptors (Lipinski definition) is 3. The van der Waals surface area contributed by atoms with Crippen molar-refractivity contribution in [2.75, 3.05) is 0 Å². The lowest BCUT2D eigenvalue weighted by Crippen LogP contribution is -2.29. The Bertz CT molecular complexity index is 1360. The van der Waals surface area contributed by atoms with Gasteiger partial charge in [0, 0.05) is 22.7 Å². The Morgan fingerprint density at radius 3 is 2.39 bits per heavy atom. The molecule has 3 aromatic carbocycles. The number of phenolic OH excluding ortho intramolecular Hbond substituents is 1. The highest BCUT2D eigenvalue weighted by Gasteiger charge is 2.42. The molecule has 4 aromatic rings. The van der Waals surface area contributed by atoms with Crippen LogP contribution in [0.4, 0.5) is 0 Å². The number of carbonyl (C=O) groups is 1. The number of aryl methyl sites for hydroxylation is 3. The fraction of sp³-hybridized carbons (Fsp3) is 0.185. The average molecular weight is 458 g/mol. The number of hydrogen-bond donors (Lipinski definition) is 2. The molecule has 1 aromatic heterocycles. The van der Waals surface area contributed by atoms with Crippen LogP contribution in [0.5, 0.6) is 5.75 Å². The van der Waals surface area contributed by atoms with Crippen LogP contribution < -0.4 is 0 Å². The highest BCUT2D eigenvalue weighted by atomic mass is 35.5. The van der Waals surface area contributed by atoms with Gasteiger partial charge in [0.2, 0.25) is 0 Å². The summed E-state index contributed by atoms with van der Waals surface area (Å²) in [7, 11) is 0. The maximum Gasteiger partial charge on any atom is 0.273 e. The standard InChI is InChI=1S/C27H24ClN3O2/c1-15-4-6-18(7-5-15)14-31-25(19-8-10-20(28)11-9-19)22-23(29-30-24(22)27(31)33)21-13-16(2)12-17(3)26(21)32/h4-13,25,32H,14H2,1-3H3,(H,29,30). The minimum Gasteiger partial charge on any atom is -0.507 e. The zero-order chi connectivity index (χ0) is 23.3. The molecule has 2 heterocycles. The number of phenols is 1. The lowest BCUT2D eigenvalue weighted by molar-refractivity contribution is 0.0730. The van der Waals surface area contributed by atoms with Gasteiger partial charge in [-0.15, -0.1) is 0 Å². The first-order valence-corrected chi connectivity index (χ1v) is 11.2. The molecule has 2 N–H and O–H groups in total. The van der Waals surface area contributed by atoms with E-state index in [4.69, 9.17) is 11.6 Å². The van der Waals surface area contributed by atoms with Crippen LogP contribution in [0.25, 0.3) is 11.3 Å². The molecule has 166 valence electrons. The maximum absolute atomic E-state index is 13.5. The van der Waals surface area contributed by atoms with Crippen molar-refractivity contribution >= 4 is 17.5 Å². The van der Waals surface area contributed by atoms with Crippen LogP contribution in [0.3, 0.4) is 0 Å². The molecule has 0 radical (unpaired) electrons. The van der Waals surface area contributed by atoms with Crippen molar-refractivity contribution in [3.05, 3.63) is 105 Å². The number of nitrogens with zero attached hydrogens (tertiary/aromatic N) is 2. The Hall–Kier alpha value is -3.57. The van der Waals surface area contributed by atoms with Crippen molar-refractivity contribution in [1.29, 1.82) is 0 Å². The molecule has 1 aliphatic rings. The third-order valence-corrected chi connectivity index (χ3v) is 6.47. The second kappa shape index (κ2) is 8.09. The van der Waals surface area contributed by atoms with E-state index in [-0.39, 0.29) is 17.7 Å². The Labute approximate surface area is 197 Å². The SMILES string of the molecule is Cc1ccc(CN2C(=O)c3[nH]nc(-c4cc(C)cc(C)c4O)c3C2c2ccc(Cl)cc2)cc1. The lowest BCUT2D eigenvalue weighted by atomic mass is 9.94. The van der Waals surface area contributed by atoms with Crippen LogP contribution in [-0.4, -0.2) is 26.1 Å². The first-order valence-electron chi connectivity index (χ1n) is 10.8. The van der Waals surface area contributed by atoms with Crippen molar-refractivity contribution in [2.45, 2.75) is 33.4 Å². The zero-order valence-electron chi connectivity index (χ0n) is 18.7. The molecule has 6 heteroatoms. The zero-order valence-corrected chi connectivity index (χ0v) is 19.4. The summed E-state index contributed by atoms with van der Waals surface area (Å²) in [5, 5.41) is 18.9. The van der Waals surface area contributed by atoms with Crippen molar-refractivity contribution in [1.82, 2.24) is 15.1 Å². The molecule has 0 spiro atoms. The number of benzene rings is 3. The normalized spacial score (nSPS) is 15.2. The van der Waals surface area contributed by atoms with E-state index in [1.165, 1.54) is 5.56 Å². The Morgan fingerprint density at radius 2 is 1.70 bits per heavy atom. The van der Waals surface area contributed by atoms with Crippen LogP contribution in [0.15, 0.2) is 60.7 Å². The fourth-order valence-electron chi connectivity index (χ4n) is 4.59. The molecule has 5 nitrogen and oxygen atoms in total. The molecule has 0 aliphatic carbocycles. The first kappa shape index (κ1) is 21.3. The maximum atomic E-state index is 13.5. The molecule has 1 unspecified atom stereocenters. The van der Waals surface area contributed by atoms with E-state index in [9.17, 15) is 9.90 Å². The van der Waals surface area contributed by atoms with Crippen molar-refractivity contribution < 1.29 is 9.90 Å². The summed E-state index contributed by atoms with van der Waals surface area (Å²) in [4.78, 5) is 15.4. The number of aromatic nitrogens is 2. The highest BCUT2D eigenvalue weighted by molar-refractivity contribution is 6.30. The van der Waals surface area contributed by atoms with E-state index in [0.717, 1.165) is 27.8 Å². The van der Waals surface area contributed by atoms with Gasteiger partial charge in [0.25, 0.3) is 5.91 Å². The highest BCUT2D eigenvalue weighted by Crippen LogP contribution is 2.45. The van der Waals surface area contributed by atoms with E-state index in [2.05, 4.69) is 10.2 Å². The van der Waals surface area contributed by atoms with Crippen LogP contribution in [0.2, 0.25) is 5.02 Å². The van der Waals surface area contributed by atoms with Crippen molar-refractivity contribution in [3.63, 3.8) is 0 Å². The molecule has 33 heavy (non-hydrogen) atoms. The number of nitrogens with one attached hydrogen (secondary N) is 1. The predicted molar refractivity (Wildman–Crippen MR) is 130 cm³/mol. The van der Waals surface area contributed by atoms with Crippen LogP contribution in [0, 0.1) is 20.8 Å². The molecule has 1 aliphatic heterocycles. The molecule has 1 amide bonds. The number of amides is 1. The third-order valence-electron chi connectivity index (χ3n) is 6.22. The number of carbonyl (C=O) groups excluding carboxylic acids is 1. The molecule has 0 saturated carbocycles.